The number of azo groups is 1. The molecule has 13 heavy (non-hydrogen) atoms. The zero-order valence-corrected chi connectivity index (χ0v) is 6.75. The second-order valence-corrected chi connectivity index (χ2v) is 2.16. The van der Waals surface area contributed by atoms with Gasteiger partial charge in [-0.05, 0) is 17.2 Å². The normalized spacial score (nSPS) is 9.77. The third-order valence-electron chi connectivity index (χ3n) is 1.26. The van der Waals surface area contributed by atoms with Gasteiger partial charge in [-0.1, -0.05) is 18.2 Å². The third-order valence-corrected chi connectivity index (χ3v) is 1.26. The van der Waals surface area contributed by atoms with Crippen LogP contribution in [-0.4, -0.2) is 6.29 Å². The van der Waals surface area contributed by atoms with Crippen LogP contribution in [0.15, 0.2) is 40.6 Å². The summed E-state index contributed by atoms with van der Waals surface area (Å²) in [5.41, 5.74) is 0.653. The van der Waals surface area contributed by atoms with Crippen LogP contribution >= 0.6 is 0 Å². The van der Waals surface area contributed by atoms with Gasteiger partial charge in [0.05, 0.1) is 5.69 Å². The molecule has 0 fully saturated rings. The zero-order chi connectivity index (χ0) is 9.52. The van der Waals surface area contributed by atoms with Gasteiger partial charge < -0.3 is 0 Å². The molecule has 0 heterocycles. The predicted molar refractivity (Wildman–Crippen MR) is 48.0 cm³/mol. The SMILES string of the molecule is [C-]#[N+]C(/N=N/c1ccccc1)[N+]#[C-]. The predicted octanol–water partition coefficient (Wildman–Crippen LogP) is 2.89. The molecule has 4 nitrogen and oxygen atoms in total. The molecule has 0 atom stereocenters. The first-order valence-corrected chi connectivity index (χ1v) is 3.56. The van der Waals surface area contributed by atoms with Gasteiger partial charge in [-0.2, -0.15) is 0 Å². The lowest BCUT2D eigenvalue weighted by Gasteiger charge is -1.86. The van der Waals surface area contributed by atoms with E-state index in [2.05, 4.69) is 19.9 Å². The molecule has 0 aliphatic carbocycles. The molecule has 62 valence electrons. The molecule has 0 saturated heterocycles. The Kier molecular flexibility index (Phi) is 3.17. The Morgan fingerprint density at radius 1 is 1.08 bits per heavy atom. The van der Waals surface area contributed by atoms with Crippen LogP contribution in [0.5, 0.6) is 0 Å². The van der Waals surface area contributed by atoms with E-state index in [1.54, 1.807) is 12.1 Å². The molecule has 0 N–H and O–H groups in total. The Morgan fingerprint density at radius 2 is 1.69 bits per heavy atom. The van der Waals surface area contributed by atoms with Crippen molar-refractivity contribution in [1.29, 1.82) is 0 Å². The van der Waals surface area contributed by atoms with Gasteiger partial charge in [-0.15, -0.1) is 5.11 Å². The highest BCUT2D eigenvalue weighted by Gasteiger charge is 2.10. The summed E-state index contributed by atoms with van der Waals surface area (Å²) >= 11 is 0. The monoisotopic (exact) mass is 170 g/mol. The largest absolute Gasteiger partial charge is 0.602 e. The Balaban J connectivity index is 2.71. The summed E-state index contributed by atoms with van der Waals surface area (Å²) in [7, 11) is 0. The molecular weight excluding hydrogens is 164 g/mol. The van der Waals surface area contributed by atoms with Gasteiger partial charge in [0, 0.05) is 0 Å². The lowest BCUT2D eigenvalue weighted by Crippen LogP contribution is -1.84. The summed E-state index contributed by atoms with van der Waals surface area (Å²) in [5.74, 6) is 0. The first-order valence-electron chi connectivity index (χ1n) is 3.56. The minimum absolute atomic E-state index is 0.653. The fourth-order valence-electron chi connectivity index (χ4n) is 0.693. The second-order valence-electron chi connectivity index (χ2n) is 2.16. The molecule has 0 radical (unpaired) electrons. The van der Waals surface area contributed by atoms with Crippen LogP contribution in [0.2, 0.25) is 0 Å². The van der Waals surface area contributed by atoms with Crippen LogP contribution in [0.3, 0.4) is 0 Å². The molecule has 0 saturated carbocycles. The van der Waals surface area contributed by atoms with Gasteiger partial charge >= 0.3 is 6.29 Å². The van der Waals surface area contributed by atoms with Crippen molar-refractivity contribution in [3.05, 3.63) is 53.2 Å². The molecule has 0 aliphatic heterocycles. The minimum atomic E-state index is -1.04. The summed E-state index contributed by atoms with van der Waals surface area (Å²) < 4.78 is 0. The Morgan fingerprint density at radius 3 is 2.23 bits per heavy atom. The van der Waals surface area contributed by atoms with E-state index < -0.39 is 6.29 Å². The lowest BCUT2D eigenvalue weighted by atomic mass is 10.3. The van der Waals surface area contributed by atoms with Gasteiger partial charge in [0.1, 0.15) is 0 Å². The Bertz CT molecular complexity index is 355. The maximum Gasteiger partial charge on any atom is 0.602 e. The van der Waals surface area contributed by atoms with Crippen LogP contribution in [0.25, 0.3) is 9.69 Å². The minimum Gasteiger partial charge on any atom is -0.222 e. The number of benzene rings is 1. The quantitative estimate of drug-likeness (QED) is 0.483. The smallest absolute Gasteiger partial charge is 0.222 e. The molecule has 1 aromatic carbocycles. The number of hydrogen-bond acceptors (Lipinski definition) is 2. The molecule has 1 aromatic rings. The van der Waals surface area contributed by atoms with Crippen molar-refractivity contribution in [1.82, 2.24) is 0 Å². The van der Waals surface area contributed by atoms with Crippen LogP contribution in [0.1, 0.15) is 0 Å². The topological polar surface area (TPSA) is 33.4 Å². The van der Waals surface area contributed by atoms with Gasteiger partial charge in [-0.3, -0.25) is 0 Å². The summed E-state index contributed by atoms with van der Waals surface area (Å²) in [6.07, 6.45) is -1.04. The zero-order valence-electron chi connectivity index (χ0n) is 6.75. The molecule has 0 unspecified atom stereocenters. The maximum absolute atomic E-state index is 6.58. The van der Waals surface area contributed by atoms with Gasteiger partial charge in [0.25, 0.3) is 0 Å². The third kappa shape index (κ3) is 2.72. The average molecular weight is 170 g/mol. The standard InChI is InChI=1S/C9H6N4/c1-10-9(11-2)13-12-8-6-4-3-5-7-8/h3-7,9H/b13-12+. The van der Waals surface area contributed by atoms with Gasteiger partial charge in [-0.25, -0.2) is 22.8 Å². The van der Waals surface area contributed by atoms with E-state index in [9.17, 15) is 0 Å². The highest BCUT2D eigenvalue weighted by atomic mass is 15.3. The number of rotatable bonds is 2. The molecule has 1 rings (SSSR count). The molecule has 0 amide bonds. The van der Waals surface area contributed by atoms with E-state index in [1.807, 2.05) is 18.2 Å². The molecule has 0 aliphatic rings. The average Bonchev–Trinajstić information content (AvgIpc) is 2.21. The van der Waals surface area contributed by atoms with Crippen molar-refractivity contribution in [2.24, 2.45) is 10.2 Å². The van der Waals surface area contributed by atoms with Crippen molar-refractivity contribution in [3.8, 4) is 0 Å². The van der Waals surface area contributed by atoms with E-state index in [1.165, 1.54) is 0 Å². The van der Waals surface area contributed by atoms with Crippen molar-refractivity contribution in [2.45, 2.75) is 6.29 Å². The Hall–Kier alpha value is -2.20. The number of hydrogen-bond donors (Lipinski definition) is 0. The van der Waals surface area contributed by atoms with E-state index in [4.69, 9.17) is 13.1 Å². The Labute approximate surface area is 76.2 Å². The summed E-state index contributed by atoms with van der Waals surface area (Å²) in [5, 5.41) is 7.29. The molecule has 4 heteroatoms. The van der Waals surface area contributed by atoms with E-state index >= 15 is 0 Å². The molecule has 0 bridgehead atoms. The fraction of sp³-hybridized carbons (Fsp3) is 0.111. The maximum atomic E-state index is 6.58. The summed E-state index contributed by atoms with van der Waals surface area (Å²) in [6, 6.07) is 9.02. The lowest BCUT2D eigenvalue weighted by molar-refractivity contribution is 0.919. The van der Waals surface area contributed by atoms with Crippen LogP contribution < -0.4 is 0 Å². The van der Waals surface area contributed by atoms with Crippen molar-refractivity contribution < 1.29 is 0 Å². The van der Waals surface area contributed by atoms with E-state index in [0.717, 1.165) is 0 Å². The summed E-state index contributed by atoms with van der Waals surface area (Å²) in [4.78, 5) is 5.91. The van der Waals surface area contributed by atoms with Crippen molar-refractivity contribution >= 4 is 5.69 Å². The van der Waals surface area contributed by atoms with Gasteiger partial charge in [0.2, 0.25) is 0 Å². The highest BCUT2D eigenvalue weighted by Crippen LogP contribution is 2.11. The first kappa shape index (κ1) is 8.89. The van der Waals surface area contributed by atoms with Crippen molar-refractivity contribution in [3.63, 3.8) is 0 Å². The number of nitrogens with zero attached hydrogens (tertiary/aromatic N) is 4. The highest BCUT2D eigenvalue weighted by molar-refractivity contribution is 5.34. The summed E-state index contributed by atoms with van der Waals surface area (Å²) in [6.45, 7) is 13.2. The first-order chi connectivity index (χ1) is 6.36. The molecule has 0 aromatic heterocycles. The van der Waals surface area contributed by atoms with Gasteiger partial charge in [0.15, 0.2) is 0 Å². The molecule has 0 spiro atoms. The second kappa shape index (κ2) is 4.63. The molecular formula is C9H6N4. The fourth-order valence-corrected chi connectivity index (χ4v) is 0.693. The van der Waals surface area contributed by atoms with E-state index in [0.29, 0.717) is 5.69 Å². The van der Waals surface area contributed by atoms with Crippen LogP contribution in [0.4, 0.5) is 5.69 Å². The van der Waals surface area contributed by atoms with Crippen LogP contribution in [0, 0.1) is 13.1 Å². The van der Waals surface area contributed by atoms with E-state index in [-0.39, 0.29) is 0 Å². The van der Waals surface area contributed by atoms with Crippen LogP contribution in [-0.2, 0) is 0 Å². The van der Waals surface area contributed by atoms with Crippen molar-refractivity contribution in [2.75, 3.05) is 0 Å².